The maximum absolute atomic E-state index is 2.37. The average molecular weight is 648 g/mol. The van der Waals surface area contributed by atoms with Crippen LogP contribution in [0.4, 0.5) is 17.1 Å². The van der Waals surface area contributed by atoms with E-state index < -0.39 is 0 Å². The molecule has 0 aliphatic heterocycles. The van der Waals surface area contributed by atoms with Gasteiger partial charge in [-0.15, -0.1) is 0 Å². The molecule has 10 rings (SSSR count). The molecule has 0 atom stereocenters. The summed E-state index contributed by atoms with van der Waals surface area (Å²) in [6, 6.07) is 72.9. The lowest BCUT2D eigenvalue weighted by Gasteiger charge is -2.25. The molecule has 0 spiro atoms. The molecule has 0 N–H and O–H groups in total. The zero-order valence-corrected chi connectivity index (χ0v) is 28.0. The van der Waals surface area contributed by atoms with E-state index >= 15 is 0 Å². The average Bonchev–Trinajstić information content (AvgIpc) is 3.21. The van der Waals surface area contributed by atoms with Crippen molar-refractivity contribution in [2.24, 2.45) is 0 Å². The molecule has 10 aromatic rings. The molecule has 238 valence electrons. The number of nitrogens with zero attached hydrogens (tertiary/aromatic N) is 1. The number of hydrogen-bond donors (Lipinski definition) is 0. The summed E-state index contributed by atoms with van der Waals surface area (Å²) in [5, 5.41) is 12.8. The Morgan fingerprint density at radius 1 is 0.216 bits per heavy atom. The zero-order valence-electron chi connectivity index (χ0n) is 28.0. The smallest absolute Gasteiger partial charge is 0.0462 e. The van der Waals surface area contributed by atoms with Crippen molar-refractivity contribution < 1.29 is 0 Å². The maximum atomic E-state index is 2.37. The van der Waals surface area contributed by atoms with Crippen LogP contribution in [-0.2, 0) is 0 Å². The third kappa shape index (κ3) is 5.10. The summed E-state index contributed by atoms with van der Waals surface area (Å²) in [6.45, 7) is 0. The Morgan fingerprint density at radius 2 is 0.608 bits per heavy atom. The summed E-state index contributed by atoms with van der Waals surface area (Å²) in [7, 11) is 0. The first kappa shape index (κ1) is 29.2. The van der Waals surface area contributed by atoms with Crippen LogP contribution >= 0.6 is 0 Å². The van der Waals surface area contributed by atoms with E-state index in [1.54, 1.807) is 0 Å². The monoisotopic (exact) mass is 647 g/mol. The van der Waals surface area contributed by atoms with Crippen LogP contribution in [0.15, 0.2) is 200 Å². The summed E-state index contributed by atoms with van der Waals surface area (Å²) < 4.78 is 0. The molecule has 1 heteroatoms. The van der Waals surface area contributed by atoms with E-state index in [0.717, 1.165) is 17.1 Å². The molecule has 0 aromatic heterocycles. The fraction of sp³-hybridized carbons (Fsp3) is 0. The summed E-state index contributed by atoms with van der Waals surface area (Å²) >= 11 is 0. The van der Waals surface area contributed by atoms with E-state index in [0.29, 0.717) is 0 Å². The Morgan fingerprint density at radius 3 is 1.24 bits per heavy atom. The molecule has 0 saturated carbocycles. The molecule has 10 aromatic carbocycles. The van der Waals surface area contributed by atoms with Gasteiger partial charge >= 0.3 is 0 Å². The number of fused-ring (bicyclic) bond motifs is 8. The van der Waals surface area contributed by atoms with Gasteiger partial charge in [0, 0.05) is 17.1 Å². The summed E-state index contributed by atoms with van der Waals surface area (Å²) in [5.74, 6) is 0. The van der Waals surface area contributed by atoms with Crippen molar-refractivity contribution in [1.29, 1.82) is 0 Å². The van der Waals surface area contributed by atoms with Gasteiger partial charge in [0.05, 0.1) is 0 Å². The van der Waals surface area contributed by atoms with Gasteiger partial charge in [-0.05, 0) is 131 Å². The van der Waals surface area contributed by atoms with E-state index in [1.807, 2.05) is 0 Å². The molecule has 0 saturated heterocycles. The normalized spacial score (nSPS) is 11.5. The lowest BCUT2D eigenvalue weighted by Crippen LogP contribution is -2.09. The lowest BCUT2D eigenvalue weighted by molar-refractivity contribution is 1.28. The van der Waals surface area contributed by atoms with Crippen molar-refractivity contribution in [3.63, 3.8) is 0 Å². The predicted octanol–water partition coefficient (Wildman–Crippen LogP) is 14.3. The van der Waals surface area contributed by atoms with Crippen LogP contribution < -0.4 is 4.90 Å². The minimum absolute atomic E-state index is 1.13. The van der Waals surface area contributed by atoms with Gasteiger partial charge in [0.2, 0.25) is 0 Å². The standard InChI is InChI=1S/C50H33N/c1-3-10-42(11-4-1)51(43-12-5-2-6-13-43)44-25-21-34(22-26-44)37-17-18-39-32-40(20-19-38(39)31-37)41-16-15-36-24-28-48-47-27-23-35-9-7-8-14-45(35)46(47)29-30-49(48)50(36)33-41/h1-33H. The molecule has 0 bridgehead atoms. The van der Waals surface area contributed by atoms with Crippen LogP contribution in [0.25, 0.3) is 76.1 Å². The van der Waals surface area contributed by atoms with Gasteiger partial charge in [-0.1, -0.05) is 146 Å². The quantitative estimate of drug-likeness (QED) is 0.168. The van der Waals surface area contributed by atoms with Gasteiger partial charge in [0.1, 0.15) is 0 Å². The van der Waals surface area contributed by atoms with E-state index in [4.69, 9.17) is 0 Å². The first-order chi connectivity index (χ1) is 25.3. The molecule has 0 fully saturated rings. The van der Waals surface area contributed by atoms with Crippen molar-refractivity contribution in [2.75, 3.05) is 4.90 Å². The number of benzene rings is 10. The Labute approximate surface area is 297 Å². The SMILES string of the molecule is c1ccc(N(c2ccccc2)c2ccc(-c3ccc4cc(-c5ccc6ccc7c(ccc8c9ccccc9ccc87)c6c5)ccc4c3)cc2)cc1. The molecule has 0 heterocycles. The summed E-state index contributed by atoms with van der Waals surface area (Å²) in [4.78, 5) is 2.30. The highest BCUT2D eigenvalue weighted by molar-refractivity contribution is 6.22. The fourth-order valence-electron chi connectivity index (χ4n) is 7.82. The highest BCUT2D eigenvalue weighted by Gasteiger charge is 2.13. The Bertz CT molecular complexity index is 2850. The van der Waals surface area contributed by atoms with Gasteiger partial charge in [-0.2, -0.15) is 0 Å². The molecule has 0 amide bonds. The van der Waals surface area contributed by atoms with Crippen LogP contribution in [0, 0.1) is 0 Å². The van der Waals surface area contributed by atoms with Crippen LogP contribution in [0.1, 0.15) is 0 Å². The van der Waals surface area contributed by atoms with Crippen molar-refractivity contribution in [3.8, 4) is 22.3 Å². The van der Waals surface area contributed by atoms with Crippen LogP contribution in [-0.4, -0.2) is 0 Å². The Balaban J connectivity index is 0.987. The van der Waals surface area contributed by atoms with Crippen LogP contribution in [0.5, 0.6) is 0 Å². The van der Waals surface area contributed by atoms with Crippen molar-refractivity contribution in [2.45, 2.75) is 0 Å². The van der Waals surface area contributed by atoms with Gasteiger partial charge in [-0.25, -0.2) is 0 Å². The molecule has 0 aliphatic carbocycles. The second kappa shape index (κ2) is 12.0. The molecule has 0 unspecified atom stereocenters. The molecule has 0 aliphatic rings. The maximum Gasteiger partial charge on any atom is 0.0462 e. The summed E-state index contributed by atoms with van der Waals surface area (Å²) in [5.41, 5.74) is 8.28. The highest BCUT2D eigenvalue weighted by atomic mass is 15.1. The topological polar surface area (TPSA) is 3.24 Å². The lowest BCUT2D eigenvalue weighted by atomic mass is 9.92. The van der Waals surface area contributed by atoms with Crippen molar-refractivity contribution >= 4 is 70.9 Å². The molecule has 51 heavy (non-hydrogen) atoms. The third-order valence-corrected chi connectivity index (χ3v) is 10.4. The molecular formula is C50H33N. The fourth-order valence-corrected chi connectivity index (χ4v) is 7.82. The molecular weight excluding hydrogens is 615 g/mol. The van der Waals surface area contributed by atoms with E-state index in [1.165, 1.54) is 76.1 Å². The second-order valence-electron chi connectivity index (χ2n) is 13.4. The first-order valence-electron chi connectivity index (χ1n) is 17.6. The van der Waals surface area contributed by atoms with Gasteiger partial charge < -0.3 is 4.90 Å². The minimum Gasteiger partial charge on any atom is -0.311 e. The number of para-hydroxylation sites is 2. The van der Waals surface area contributed by atoms with Gasteiger partial charge in [0.15, 0.2) is 0 Å². The highest BCUT2D eigenvalue weighted by Crippen LogP contribution is 2.38. The van der Waals surface area contributed by atoms with Crippen LogP contribution in [0.3, 0.4) is 0 Å². The number of hydrogen-bond acceptors (Lipinski definition) is 1. The predicted molar refractivity (Wildman–Crippen MR) is 220 cm³/mol. The Kier molecular flexibility index (Phi) is 6.89. The van der Waals surface area contributed by atoms with E-state index in [2.05, 4.69) is 205 Å². The molecule has 1 nitrogen and oxygen atoms in total. The van der Waals surface area contributed by atoms with Gasteiger partial charge in [-0.3, -0.25) is 0 Å². The zero-order chi connectivity index (χ0) is 33.7. The van der Waals surface area contributed by atoms with E-state index in [-0.39, 0.29) is 0 Å². The number of rotatable bonds is 5. The van der Waals surface area contributed by atoms with Crippen LogP contribution in [0.2, 0.25) is 0 Å². The summed E-state index contributed by atoms with van der Waals surface area (Å²) in [6.07, 6.45) is 0. The second-order valence-corrected chi connectivity index (χ2v) is 13.4. The number of anilines is 3. The van der Waals surface area contributed by atoms with Crippen molar-refractivity contribution in [3.05, 3.63) is 200 Å². The Hall–Kier alpha value is -6.70. The third-order valence-electron chi connectivity index (χ3n) is 10.4. The minimum atomic E-state index is 1.13. The first-order valence-corrected chi connectivity index (χ1v) is 17.6. The molecule has 0 radical (unpaired) electrons. The van der Waals surface area contributed by atoms with E-state index in [9.17, 15) is 0 Å². The van der Waals surface area contributed by atoms with Gasteiger partial charge in [0.25, 0.3) is 0 Å². The van der Waals surface area contributed by atoms with Crippen molar-refractivity contribution in [1.82, 2.24) is 0 Å². The largest absolute Gasteiger partial charge is 0.311 e.